The minimum Gasteiger partial charge on any atom is -0.440 e. The van der Waals surface area contributed by atoms with Gasteiger partial charge in [-0.05, 0) is 43.7 Å². The second-order valence-corrected chi connectivity index (χ2v) is 6.10. The molecule has 130 valence electrons. The van der Waals surface area contributed by atoms with Crippen LogP contribution in [0.25, 0.3) is 0 Å². The fourth-order valence-electron chi connectivity index (χ4n) is 2.80. The molecule has 7 heteroatoms. The van der Waals surface area contributed by atoms with Crippen LogP contribution in [0.1, 0.15) is 25.5 Å². The molecule has 1 saturated heterocycles. The van der Waals surface area contributed by atoms with Gasteiger partial charge >= 0.3 is 12.2 Å². The summed E-state index contributed by atoms with van der Waals surface area (Å²) in [5.41, 5.74) is -0.920. The molecule has 0 aromatic heterocycles. The van der Waals surface area contributed by atoms with E-state index in [0.29, 0.717) is 0 Å². The van der Waals surface area contributed by atoms with E-state index in [-0.39, 0.29) is 11.3 Å². The van der Waals surface area contributed by atoms with Crippen LogP contribution in [0.4, 0.5) is 18.4 Å². The van der Waals surface area contributed by atoms with Gasteiger partial charge in [0.15, 0.2) is 11.6 Å². The zero-order valence-corrected chi connectivity index (χ0v) is 13.5. The lowest BCUT2D eigenvalue weighted by atomic mass is 9.91. The Morgan fingerprint density at radius 1 is 1.12 bits per heavy atom. The maximum absolute atomic E-state index is 13.6. The van der Waals surface area contributed by atoms with Crippen molar-refractivity contribution in [1.82, 2.24) is 4.90 Å². The molecule has 1 atom stereocenters. The quantitative estimate of drug-likeness (QED) is 0.806. The fraction of sp³-hybridized carbons (Fsp3) is 0.222. The van der Waals surface area contributed by atoms with Crippen LogP contribution in [0.5, 0.6) is 5.75 Å². The molecule has 5 nitrogen and oxygen atoms in total. The number of imide groups is 1. The number of amides is 2. The number of rotatable bonds is 2. The Morgan fingerprint density at radius 2 is 1.80 bits per heavy atom. The minimum absolute atomic E-state index is 0.222. The van der Waals surface area contributed by atoms with Crippen LogP contribution >= 0.6 is 0 Å². The summed E-state index contributed by atoms with van der Waals surface area (Å²) in [6.07, 6.45) is -1.88. The van der Waals surface area contributed by atoms with E-state index in [0.717, 1.165) is 17.0 Å². The van der Waals surface area contributed by atoms with E-state index in [2.05, 4.69) is 0 Å². The summed E-state index contributed by atoms with van der Waals surface area (Å²) in [4.78, 5) is 25.4. The average molecular weight is 347 g/mol. The highest BCUT2D eigenvalue weighted by Gasteiger charge is 2.52. The van der Waals surface area contributed by atoms with Crippen LogP contribution in [0, 0.1) is 11.6 Å². The number of hydrogen-bond donors (Lipinski definition) is 0. The Morgan fingerprint density at radius 3 is 2.44 bits per heavy atom. The average Bonchev–Trinajstić information content (AvgIpc) is 2.80. The van der Waals surface area contributed by atoms with Gasteiger partial charge < -0.3 is 9.47 Å². The third-order valence-electron chi connectivity index (χ3n) is 3.87. The molecule has 0 N–H and O–H groups in total. The smallest absolute Gasteiger partial charge is 0.425 e. The molecule has 3 rings (SSSR count). The van der Waals surface area contributed by atoms with E-state index < -0.39 is 35.5 Å². The van der Waals surface area contributed by atoms with Crippen molar-refractivity contribution in [1.29, 1.82) is 0 Å². The van der Waals surface area contributed by atoms with Gasteiger partial charge in [0.1, 0.15) is 17.4 Å². The molecule has 2 aromatic rings. The predicted octanol–water partition coefficient (Wildman–Crippen LogP) is 4.44. The van der Waals surface area contributed by atoms with Crippen molar-refractivity contribution >= 4 is 12.2 Å². The summed E-state index contributed by atoms with van der Waals surface area (Å²) in [5.74, 6) is -1.86. The monoisotopic (exact) mass is 347 g/mol. The van der Waals surface area contributed by atoms with Gasteiger partial charge in [0.05, 0.1) is 0 Å². The summed E-state index contributed by atoms with van der Waals surface area (Å²) in [6, 6.07) is 10.4. The van der Waals surface area contributed by atoms with Gasteiger partial charge in [0.25, 0.3) is 0 Å². The number of hydrogen-bond acceptors (Lipinski definition) is 4. The Balaban J connectivity index is 1.96. The van der Waals surface area contributed by atoms with Crippen molar-refractivity contribution in [3.8, 4) is 5.75 Å². The predicted molar refractivity (Wildman–Crippen MR) is 84.0 cm³/mol. The SMILES string of the molecule is CC1(C)OC(=O)N(C(=O)Oc2ccccc2)C1c1ccc(F)c(F)c1. The van der Waals surface area contributed by atoms with Crippen LogP contribution in [0.15, 0.2) is 48.5 Å². The van der Waals surface area contributed by atoms with Crippen molar-refractivity contribution in [2.45, 2.75) is 25.5 Å². The summed E-state index contributed by atoms with van der Waals surface area (Å²) in [5, 5.41) is 0. The molecule has 25 heavy (non-hydrogen) atoms. The van der Waals surface area contributed by atoms with Gasteiger partial charge in [-0.2, -0.15) is 0 Å². The maximum Gasteiger partial charge on any atom is 0.425 e. The number of benzene rings is 2. The van der Waals surface area contributed by atoms with E-state index >= 15 is 0 Å². The zero-order valence-electron chi connectivity index (χ0n) is 13.5. The largest absolute Gasteiger partial charge is 0.440 e. The van der Waals surface area contributed by atoms with Crippen LogP contribution < -0.4 is 4.74 Å². The highest BCUT2D eigenvalue weighted by molar-refractivity contribution is 5.91. The first-order chi connectivity index (χ1) is 11.8. The van der Waals surface area contributed by atoms with Gasteiger partial charge in [-0.1, -0.05) is 24.3 Å². The first kappa shape index (κ1) is 16.9. The van der Waals surface area contributed by atoms with Crippen molar-refractivity contribution in [2.75, 3.05) is 0 Å². The number of ether oxygens (including phenoxy) is 2. The van der Waals surface area contributed by atoms with Crippen LogP contribution in [-0.4, -0.2) is 22.7 Å². The van der Waals surface area contributed by atoms with Gasteiger partial charge in [0.2, 0.25) is 0 Å². The minimum atomic E-state index is -1.14. The number of halogens is 2. The Kier molecular flexibility index (Phi) is 4.16. The Hall–Kier alpha value is -2.96. The maximum atomic E-state index is 13.6. The first-order valence-electron chi connectivity index (χ1n) is 7.53. The molecular formula is C18H15F2NO4. The second kappa shape index (κ2) is 6.16. The Labute approximate surface area is 142 Å². The molecule has 2 amide bonds. The molecule has 1 aliphatic rings. The number of nitrogens with zero attached hydrogens (tertiary/aromatic N) is 1. The summed E-state index contributed by atoms with van der Waals surface area (Å²) >= 11 is 0. The molecular weight excluding hydrogens is 332 g/mol. The summed E-state index contributed by atoms with van der Waals surface area (Å²) < 4.78 is 37.3. The third-order valence-corrected chi connectivity index (χ3v) is 3.87. The Bertz CT molecular complexity index is 823. The fourth-order valence-corrected chi connectivity index (χ4v) is 2.80. The molecule has 0 radical (unpaired) electrons. The van der Waals surface area contributed by atoms with Crippen molar-refractivity contribution < 1.29 is 27.8 Å². The molecule has 1 unspecified atom stereocenters. The van der Waals surface area contributed by atoms with E-state index in [1.165, 1.54) is 6.07 Å². The zero-order chi connectivity index (χ0) is 18.2. The summed E-state index contributed by atoms with van der Waals surface area (Å²) in [7, 11) is 0. The number of carbonyl (C=O) groups is 2. The molecule has 0 spiro atoms. The van der Waals surface area contributed by atoms with E-state index in [9.17, 15) is 18.4 Å². The van der Waals surface area contributed by atoms with Crippen LogP contribution in [0.2, 0.25) is 0 Å². The highest BCUT2D eigenvalue weighted by Crippen LogP contribution is 2.41. The van der Waals surface area contributed by atoms with E-state index in [4.69, 9.17) is 9.47 Å². The molecule has 1 aliphatic heterocycles. The number of carbonyl (C=O) groups excluding carboxylic acids is 2. The van der Waals surface area contributed by atoms with Gasteiger partial charge in [0, 0.05) is 0 Å². The van der Waals surface area contributed by atoms with Crippen LogP contribution in [-0.2, 0) is 4.74 Å². The van der Waals surface area contributed by atoms with E-state index in [1.54, 1.807) is 44.2 Å². The van der Waals surface area contributed by atoms with Crippen molar-refractivity contribution in [2.24, 2.45) is 0 Å². The van der Waals surface area contributed by atoms with Crippen molar-refractivity contribution in [3.63, 3.8) is 0 Å². The first-order valence-corrected chi connectivity index (χ1v) is 7.53. The molecule has 1 heterocycles. The van der Waals surface area contributed by atoms with Crippen LogP contribution in [0.3, 0.4) is 0 Å². The molecule has 0 saturated carbocycles. The third kappa shape index (κ3) is 3.17. The lowest BCUT2D eigenvalue weighted by Gasteiger charge is -2.27. The molecule has 0 aliphatic carbocycles. The lowest BCUT2D eigenvalue weighted by molar-refractivity contribution is 0.0673. The number of para-hydroxylation sites is 1. The van der Waals surface area contributed by atoms with Gasteiger partial charge in [-0.25, -0.2) is 23.3 Å². The normalized spacial score (nSPS) is 18.8. The van der Waals surface area contributed by atoms with E-state index in [1.807, 2.05) is 0 Å². The number of cyclic esters (lactones) is 1. The topological polar surface area (TPSA) is 55.8 Å². The molecule has 1 fully saturated rings. The second-order valence-electron chi connectivity index (χ2n) is 6.10. The van der Waals surface area contributed by atoms with Crippen molar-refractivity contribution in [3.05, 3.63) is 65.7 Å². The molecule has 2 aromatic carbocycles. The molecule has 0 bridgehead atoms. The van der Waals surface area contributed by atoms with Gasteiger partial charge in [-0.3, -0.25) is 0 Å². The standard InChI is InChI=1S/C18H15F2NO4/c1-18(2)15(11-8-9-13(19)14(20)10-11)21(17(23)25-18)16(22)24-12-6-4-3-5-7-12/h3-10,15H,1-2H3. The van der Waals surface area contributed by atoms with Gasteiger partial charge in [-0.15, -0.1) is 0 Å². The lowest BCUT2D eigenvalue weighted by Crippen LogP contribution is -2.39. The summed E-state index contributed by atoms with van der Waals surface area (Å²) in [6.45, 7) is 3.15. The highest BCUT2D eigenvalue weighted by atomic mass is 19.2.